The van der Waals surface area contributed by atoms with Crippen molar-refractivity contribution in [2.24, 2.45) is 5.92 Å². The second-order valence-electron chi connectivity index (χ2n) is 6.15. The van der Waals surface area contributed by atoms with Crippen LogP contribution in [0, 0.1) is 17.2 Å². The number of likely N-dealkylation sites (N-methyl/N-ethyl adjacent to an activating group) is 1. The highest BCUT2D eigenvalue weighted by Gasteiger charge is 2.32. The van der Waals surface area contributed by atoms with Crippen LogP contribution in [-0.2, 0) is 4.79 Å². The normalized spacial score (nSPS) is 20.8. The Kier molecular flexibility index (Phi) is 4.58. The second-order valence-corrected chi connectivity index (χ2v) is 6.54. The van der Waals surface area contributed by atoms with Crippen molar-refractivity contribution < 1.29 is 4.79 Å². The quantitative estimate of drug-likeness (QED) is 0.794. The fraction of sp³-hybridized carbons (Fsp3) is 0.500. The molecule has 2 aromatic heterocycles. The number of rotatable bonds is 3. The highest BCUT2D eigenvalue weighted by molar-refractivity contribution is 6.29. The third kappa shape index (κ3) is 3.02. The van der Waals surface area contributed by atoms with Crippen molar-refractivity contribution >= 4 is 29.1 Å². The van der Waals surface area contributed by atoms with Gasteiger partial charge in [0.05, 0.1) is 12.1 Å². The molecule has 24 heavy (non-hydrogen) atoms. The molecule has 1 amide bonds. The lowest BCUT2D eigenvalue weighted by atomic mass is 9.92. The molecule has 2 atom stereocenters. The van der Waals surface area contributed by atoms with Crippen molar-refractivity contribution in [2.75, 3.05) is 25.0 Å². The van der Waals surface area contributed by atoms with Crippen LogP contribution in [0.5, 0.6) is 0 Å². The molecule has 1 aliphatic rings. The van der Waals surface area contributed by atoms with Gasteiger partial charge in [-0.3, -0.25) is 9.20 Å². The molecule has 3 rings (SSSR count). The minimum Gasteiger partial charge on any atom is -0.356 e. The Morgan fingerprint density at radius 3 is 3.12 bits per heavy atom. The number of fused-ring (bicyclic) bond motifs is 1. The summed E-state index contributed by atoms with van der Waals surface area (Å²) >= 11 is 6.13. The van der Waals surface area contributed by atoms with Gasteiger partial charge in [-0.1, -0.05) is 18.5 Å². The Balaban J connectivity index is 1.89. The van der Waals surface area contributed by atoms with E-state index < -0.39 is 0 Å². The predicted molar refractivity (Wildman–Crippen MR) is 90.8 cm³/mol. The predicted octanol–water partition coefficient (Wildman–Crippen LogP) is 1.97. The van der Waals surface area contributed by atoms with Gasteiger partial charge in [-0.25, -0.2) is 9.97 Å². The van der Waals surface area contributed by atoms with Crippen molar-refractivity contribution in [1.29, 1.82) is 5.26 Å². The average molecular weight is 347 g/mol. The lowest BCUT2D eigenvalue weighted by Crippen LogP contribution is -2.53. The van der Waals surface area contributed by atoms with Gasteiger partial charge in [0.1, 0.15) is 17.4 Å². The monoisotopic (exact) mass is 346 g/mol. The molecule has 126 valence electrons. The molecule has 0 spiro atoms. The fourth-order valence-corrected chi connectivity index (χ4v) is 3.43. The highest BCUT2D eigenvalue weighted by atomic mass is 35.5. The van der Waals surface area contributed by atoms with Crippen molar-refractivity contribution in [3.8, 4) is 6.07 Å². The van der Waals surface area contributed by atoms with Gasteiger partial charge in [-0.05, 0) is 12.3 Å². The number of likely N-dealkylation sites (tertiary alicyclic amines) is 1. The molecule has 1 saturated heterocycles. The summed E-state index contributed by atoms with van der Waals surface area (Å²) in [5, 5.41) is 9.14. The largest absolute Gasteiger partial charge is 0.356 e. The molecule has 2 aromatic rings. The van der Waals surface area contributed by atoms with E-state index >= 15 is 0 Å². The zero-order valence-electron chi connectivity index (χ0n) is 13.7. The molecule has 0 aliphatic carbocycles. The summed E-state index contributed by atoms with van der Waals surface area (Å²) in [7, 11) is 1.99. The van der Waals surface area contributed by atoms with Crippen LogP contribution in [0.15, 0.2) is 18.5 Å². The molecule has 0 N–H and O–H groups in total. The van der Waals surface area contributed by atoms with Crippen LogP contribution in [0.1, 0.15) is 19.8 Å². The number of nitriles is 1. The van der Waals surface area contributed by atoms with Crippen LogP contribution in [0.3, 0.4) is 0 Å². The lowest BCUT2D eigenvalue weighted by molar-refractivity contribution is -0.131. The number of imidazole rings is 1. The lowest BCUT2D eigenvalue weighted by Gasteiger charge is -2.42. The van der Waals surface area contributed by atoms with Crippen LogP contribution in [-0.4, -0.2) is 51.4 Å². The maximum absolute atomic E-state index is 12.1. The van der Waals surface area contributed by atoms with Gasteiger partial charge in [0.25, 0.3) is 0 Å². The number of amides is 1. The van der Waals surface area contributed by atoms with E-state index in [2.05, 4.69) is 21.8 Å². The van der Waals surface area contributed by atoms with E-state index in [-0.39, 0.29) is 18.4 Å². The molecular weight excluding hydrogens is 328 g/mol. The van der Waals surface area contributed by atoms with Crippen LogP contribution < -0.4 is 4.90 Å². The molecular formula is C16H19ClN6O. The number of nitrogens with zero attached hydrogens (tertiary/aromatic N) is 6. The van der Waals surface area contributed by atoms with Gasteiger partial charge >= 0.3 is 0 Å². The smallest absolute Gasteiger partial charge is 0.236 e. The summed E-state index contributed by atoms with van der Waals surface area (Å²) in [5.41, 5.74) is 0. The number of hydrogen-bond acceptors (Lipinski definition) is 5. The molecule has 0 unspecified atom stereocenters. The van der Waals surface area contributed by atoms with Crippen molar-refractivity contribution in [1.82, 2.24) is 19.3 Å². The van der Waals surface area contributed by atoms with Crippen LogP contribution in [0.2, 0.25) is 5.15 Å². The van der Waals surface area contributed by atoms with E-state index in [9.17, 15) is 4.79 Å². The third-order valence-corrected chi connectivity index (χ3v) is 4.88. The Morgan fingerprint density at radius 1 is 1.58 bits per heavy atom. The molecule has 0 bridgehead atoms. The number of piperidine rings is 1. The summed E-state index contributed by atoms with van der Waals surface area (Å²) in [6.07, 6.45) is 4.36. The SMILES string of the molecule is C[C@@H]1CCN(C(=O)CC#N)C[C@@H]1N(C)c1cc(Cl)nc2nccn12. The number of aromatic nitrogens is 3. The first-order valence-corrected chi connectivity index (χ1v) is 8.26. The van der Waals surface area contributed by atoms with Gasteiger partial charge in [0, 0.05) is 38.6 Å². The van der Waals surface area contributed by atoms with E-state index in [0.29, 0.717) is 29.9 Å². The summed E-state index contributed by atoms with van der Waals surface area (Å²) in [6.45, 7) is 3.47. The van der Waals surface area contributed by atoms with E-state index in [0.717, 1.165) is 12.2 Å². The van der Waals surface area contributed by atoms with Gasteiger partial charge in [0.15, 0.2) is 0 Å². The van der Waals surface area contributed by atoms with E-state index in [1.165, 1.54) is 0 Å². The number of anilines is 1. The molecule has 1 fully saturated rings. The van der Waals surface area contributed by atoms with Crippen molar-refractivity contribution in [3.63, 3.8) is 0 Å². The van der Waals surface area contributed by atoms with E-state index in [4.69, 9.17) is 16.9 Å². The maximum Gasteiger partial charge on any atom is 0.236 e. The Bertz CT molecular complexity index is 797. The Hall–Kier alpha value is -2.33. The summed E-state index contributed by atoms with van der Waals surface area (Å²) in [5.74, 6) is 1.73. The first-order valence-electron chi connectivity index (χ1n) is 7.88. The molecule has 3 heterocycles. The van der Waals surface area contributed by atoms with Gasteiger partial charge in [-0.15, -0.1) is 0 Å². The van der Waals surface area contributed by atoms with E-state index in [1.807, 2.05) is 23.7 Å². The maximum atomic E-state index is 12.1. The third-order valence-electron chi connectivity index (χ3n) is 4.68. The minimum atomic E-state index is -0.108. The Morgan fingerprint density at radius 2 is 2.38 bits per heavy atom. The van der Waals surface area contributed by atoms with Crippen molar-refractivity contribution in [2.45, 2.75) is 25.8 Å². The fourth-order valence-electron chi connectivity index (χ4n) is 3.26. The summed E-state index contributed by atoms with van der Waals surface area (Å²) < 4.78 is 1.88. The minimum absolute atomic E-state index is 0.0718. The summed E-state index contributed by atoms with van der Waals surface area (Å²) in [4.78, 5) is 24.4. The first kappa shape index (κ1) is 16.5. The zero-order chi connectivity index (χ0) is 17.3. The van der Waals surface area contributed by atoms with Crippen LogP contribution in [0.4, 0.5) is 5.82 Å². The molecule has 0 saturated carbocycles. The standard InChI is InChI=1S/C16H19ClN6O/c1-11-4-7-22(15(24)3-5-18)10-12(11)21(2)14-9-13(17)20-16-19-6-8-23(14)16/h6,8-9,11-12H,3-4,7,10H2,1-2H3/t11-,12+/m1/s1. The number of hydrogen-bond donors (Lipinski definition) is 0. The zero-order valence-corrected chi connectivity index (χ0v) is 14.4. The molecule has 7 nitrogen and oxygen atoms in total. The average Bonchev–Trinajstić information content (AvgIpc) is 3.02. The van der Waals surface area contributed by atoms with Crippen molar-refractivity contribution in [3.05, 3.63) is 23.6 Å². The molecule has 1 aliphatic heterocycles. The topological polar surface area (TPSA) is 77.5 Å². The number of carbonyl (C=O) groups is 1. The van der Waals surface area contributed by atoms with Crippen LogP contribution >= 0.6 is 11.6 Å². The molecule has 0 aromatic carbocycles. The number of carbonyl (C=O) groups excluding carboxylic acids is 1. The van der Waals surface area contributed by atoms with Gasteiger partial charge in [0.2, 0.25) is 11.7 Å². The first-order chi connectivity index (χ1) is 11.5. The highest BCUT2D eigenvalue weighted by Crippen LogP contribution is 2.27. The van der Waals surface area contributed by atoms with Crippen LogP contribution in [0.25, 0.3) is 5.78 Å². The van der Waals surface area contributed by atoms with Gasteiger partial charge in [-0.2, -0.15) is 5.26 Å². The Labute approximate surface area is 145 Å². The molecule has 0 radical (unpaired) electrons. The van der Waals surface area contributed by atoms with Gasteiger partial charge < -0.3 is 9.80 Å². The summed E-state index contributed by atoms with van der Waals surface area (Å²) in [6, 6.07) is 3.87. The molecule has 8 heteroatoms. The second kappa shape index (κ2) is 6.65. The number of halogens is 1. The van der Waals surface area contributed by atoms with E-state index in [1.54, 1.807) is 17.2 Å².